The molecule has 0 bridgehead atoms. The average Bonchev–Trinajstić information content (AvgIpc) is 3.52. The van der Waals surface area contributed by atoms with Crippen LogP contribution in [-0.4, -0.2) is 129 Å². The van der Waals surface area contributed by atoms with Gasteiger partial charge in [-0.25, -0.2) is 41.3 Å². The number of ether oxygens (including phenoxy) is 4. The largest absolute Gasteiger partial charge is 0.506 e. The summed E-state index contributed by atoms with van der Waals surface area (Å²) in [6, 6.07) is 13.7. The number of hydrogen-bond acceptors (Lipinski definition) is 26. The van der Waals surface area contributed by atoms with Gasteiger partial charge in [-0.05, 0) is 36.4 Å². The predicted octanol–water partition coefficient (Wildman–Crippen LogP) is 3.74. The molecule has 3 heterocycles. The minimum absolute atomic E-state index is 0.00804. The second kappa shape index (κ2) is 32.2. The first-order valence-corrected chi connectivity index (χ1v) is 22.4. The lowest BCUT2D eigenvalue weighted by molar-refractivity contribution is -0.386. The SMILES string of the molecule is COc1cc(/C(O)=C(\C#N)C(=O)NCc2ccncn2)cc([N+](=O)[O-])c1OC.COc1cc(C(=O)O)cc([N+](=O)[O-])c1OC.N#C/C(C(=O)NCc1ccncn1)=C(/O)c1cc(O)c(O)c([N+](=O)[O-])c1.[C-]#[N+]CC(=O)NCc1ccncn1. The van der Waals surface area contributed by atoms with E-state index in [4.69, 9.17) is 35.9 Å². The number of carbonyl (C=O) groups excluding carboxylic acids is 3. The zero-order valence-corrected chi connectivity index (χ0v) is 43.3. The number of aliphatic hydroxyl groups excluding tert-OH is 2. The molecular weight excluding hydrogens is 1100 g/mol. The van der Waals surface area contributed by atoms with Crippen molar-refractivity contribution in [3.8, 4) is 46.6 Å². The number of nitro benzene ring substituents is 3. The smallest absolute Gasteiger partial charge is 0.336 e. The summed E-state index contributed by atoms with van der Waals surface area (Å²) in [5, 5.41) is 107. The normalized spacial score (nSPS) is 10.5. The van der Waals surface area contributed by atoms with Crippen molar-refractivity contribution >= 4 is 52.3 Å². The number of nitriles is 2. The third-order valence-corrected chi connectivity index (χ3v) is 10.0. The van der Waals surface area contributed by atoms with Gasteiger partial charge in [-0.3, -0.25) is 44.7 Å². The third-order valence-electron chi connectivity index (χ3n) is 10.0. The number of hydrogen-bond donors (Lipinski definition) is 8. The van der Waals surface area contributed by atoms with Gasteiger partial charge in [0.25, 0.3) is 18.4 Å². The molecule has 34 heteroatoms. The number of carbonyl (C=O) groups is 4. The number of amides is 3. The van der Waals surface area contributed by atoms with E-state index in [9.17, 15) is 75.2 Å². The van der Waals surface area contributed by atoms with E-state index in [1.165, 1.54) is 78.0 Å². The molecule has 0 unspecified atom stereocenters. The van der Waals surface area contributed by atoms with Crippen LogP contribution in [0.2, 0.25) is 0 Å². The monoisotopic (exact) mass is 1150 g/mol. The number of aromatic nitrogens is 6. The summed E-state index contributed by atoms with van der Waals surface area (Å²) in [6.07, 6.45) is 8.50. The third kappa shape index (κ3) is 18.8. The number of methoxy groups -OCH3 is 4. The van der Waals surface area contributed by atoms with Crippen LogP contribution in [0.5, 0.6) is 34.5 Å². The summed E-state index contributed by atoms with van der Waals surface area (Å²) in [4.78, 5) is 102. The second-order valence-corrected chi connectivity index (χ2v) is 15.1. The van der Waals surface area contributed by atoms with Gasteiger partial charge in [0.1, 0.15) is 42.6 Å². The van der Waals surface area contributed by atoms with Crippen molar-refractivity contribution in [3.05, 3.63) is 179 Å². The summed E-state index contributed by atoms with van der Waals surface area (Å²) in [5.74, 6) is -7.22. The highest BCUT2D eigenvalue weighted by Crippen LogP contribution is 2.41. The van der Waals surface area contributed by atoms with E-state index >= 15 is 0 Å². The van der Waals surface area contributed by atoms with Crippen LogP contribution in [0.3, 0.4) is 0 Å². The summed E-state index contributed by atoms with van der Waals surface area (Å²) < 4.78 is 19.6. The Morgan fingerprint density at radius 3 is 1.30 bits per heavy atom. The number of benzene rings is 3. The first-order chi connectivity index (χ1) is 39.6. The zero-order chi connectivity index (χ0) is 61.8. The van der Waals surface area contributed by atoms with Gasteiger partial charge in [0.05, 0.1) is 85.5 Å². The van der Waals surface area contributed by atoms with Crippen LogP contribution in [0.1, 0.15) is 38.6 Å². The van der Waals surface area contributed by atoms with E-state index in [0.717, 1.165) is 36.0 Å². The fourth-order valence-electron chi connectivity index (χ4n) is 6.11. The van der Waals surface area contributed by atoms with Crippen LogP contribution in [0.4, 0.5) is 17.1 Å². The number of carboxylic acid groups (broad SMARTS) is 1. The van der Waals surface area contributed by atoms with Crippen LogP contribution < -0.4 is 34.9 Å². The van der Waals surface area contributed by atoms with Crippen LogP contribution in [0.15, 0.2) is 103 Å². The fraction of sp³-hybridized carbons (Fsp3) is 0.163. The van der Waals surface area contributed by atoms with E-state index in [1.54, 1.807) is 24.4 Å². The Balaban J connectivity index is 0.000000303. The molecule has 0 spiro atoms. The Labute approximate surface area is 466 Å². The number of aliphatic hydroxyl groups is 2. The lowest BCUT2D eigenvalue weighted by Gasteiger charge is -2.11. The number of nitro groups is 3. The summed E-state index contributed by atoms with van der Waals surface area (Å²) in [5.41, 5.74) is -2.32. The van der Waals surface area contributed by atoms with Crippen molar-refractivity contribution in [2.45, 2.75) is 19.6 Å². The standard InChI is InChI=1S/C17H15N5O6.C15H11N5O6.C9H9NO6.C8H8N4O/c1-27-14-6-10(5-13(22(25)26)16(14)28-2)15(23)12(7-18)17(24)20-8-11-3-4-19-9-21-11;16-5-10(15(24)18-6-9-1-2-17-7-19-9)13(22)8-3-11(20(25)26)14(23)12(21)4-8;1-15-7-4-5(9(11)12)3-6(10(13)14)8(7)16-2;1-9-5-8(13)11-4-7-2-3-10-6-12-7/h3-6,9,23H,8H2,1-2H3,(H,20,24);1-4,7,21-23H,6H2,(H,18,24);3-4H,1-2H3,(H,11,12);2-3,6H,4-5H2,(H,11,13)/b15-12-;13-10-;;. The Morgan fingerprint density at radius 2 is 0.964 bits per heavy atom. The zero-order valence-electron chi connectivity index (χ0n) is 43.3. The quantitative estimate of drug-likeness (QED) is 0.0109. The van der Waals surface area contributed by atoms with Crippen molar-refractivity contribution in [3.63, 3.8) is 0 Å². The number of phenols is 2. The number of phenolic OH excluding ortho intramolecular Hbond substituents is 2. The highest BCUT2D eigenvalue weighted by atomic mass is 16.6. The van der Waals surface area contributed by atoms with Gasteiger partial charge in [0, 0.05) is 47.9 Å². The summed E-state index contributed by atoms with van der Waals surface area (Å²) in [7, 11) is 4.99. The number of rotatable bonds is 19. The van der Waals surface area contributed by atoms with E-state index in [-0.39, 0.29) is 65.2 Å². The minimum atomic E-state index is -1.27. The molecule has 6 aromatic rings. The van der Waals surface area contributed by atoms with Gasteiger partial charge in [-0.15, -0.1) is 0 Å². The molecule has 0 aliphatic rings. The topological polar surface area (TPSA) is 501 Å². The number of aromatic hydroxyl groups is 2. The van der Waals surface area contributed by atoms with E-state index in [2.05, 4.69) is 50.7 Å². The van der Waals surface area contributed by atoms with Crippen molar-refractivity contribution in [1.82, 2.24) is 45.9 Å². The van der Waals surface area contributed by atoms with Crippen molar-refractivity contribution in [1.29, 1.82) is 10.5 Å². The predicted molar refractivity (Wildman–Crippen MR) is 279 cm³/mol. The van der Waals surface area contributed by atoms with Crippen LogP contribution >= 0.6 is 0 Å². The highest BCUT2D eigenvalue weighted by molar-refractivity contribution is 6.04. The van der Waals surface area contributed by atoms with Gasteiger partial charge in [0.2, 0.25) is 17.2 Å². The lowest BCUT2D eigenvalue weighted by atomic mass is 10.1. The molecule has 3 amide bonds. The van der Waals surface area contributed by atoms with Crippen molar-refractivity contribution in [2.24, 2.45) is 0 Å². The molecule has 0 saturated heterocycles. The molecule has 428 valence electrons. The molecule has 6 rings (SSSR count). The number of nitrogens with one attached hydrogen (secondary N) is 3. The first-order valence-electron chi connectivity index (χ1n) is 22.4. The molecule has 34 nitrogen and oxygen atoms in total. The van der Waals surface area contributed by atoms with Crippen molar-refractivity contribution in [2.75, 3.05) is 35.0 Å². The number of aromatic carboxylic acids is 1. The van der Waals surface area contributed by atoms with E-state index in [1.807, 2.05) is 0 Å². The van der Waals surface area contributed by atoms with Gasteiger partial charge in [-0.1, -0.05) is 0 Å². The average molecular weight is 1150 g/mol. The fourth-order valence-corrected chi connectivity index (χ4v) is 6.11. The summed E-state index contributed by atoms with van der Waals surface area (Å²) in [6.45, 7) is 6.60. The van der Waals surface area contributed by atoms with Crippen LogP contribution in [0.25, 0.3) is 16.4 Å². The molecule has 0 atom stereocenters. The molecule has 8 N–H and O–H groups in total. The van der Waals surface area contributed by atoms with Gasteiger partial charge >= 0.3 is 28.9 Å². The maximum Gasteiger partial charge on any atom is 0.336 e. The minimum Gasteiger partial charge on any atom is -0.506 e. The molecule has 0 radical (unpaired) electrons. The molecule has 83 heavy (non-hydrogen) atoms. The lowest BCUT2D eigenvalue weighted by Crippen LogP contribution is -2.25. The Kier molecular flexibility index (Phi) is 25.0. The molecule has 0 aliphatic heterocycles. The molecule has 0 saturated carbocycles. The van der Waals surface area contributed by atoms with Gasteiger partial charge in [-0.2, -0.15) is 10.5 Å². The highest BCUT2D eigenvalue weighted by Gasteiger charge is 2.27. The first kappa shape index (κ1) is 64.6. The molecule has 3 aromatic carbocycles. The van der Waals surface area contributed by atoms with Gasteiger partial charge < -0.3 is 65.3 Å². The molecule has 0 fully saturated rings. The molecule has 3 aromatic heterocycles. The Hall–Kier alpha value is -12.7. The number of carboxylic acids is 1. The number of nitrogens with zero attached hydrogens (tertiary/aromatic N) is 12. The van der Waals surface area contributed by atoms with Crippen LogP contribution in [0, 0.1) is 59.6 Å². The maximum atomic E-state index is 12.3. The molecular formula is C49H43N15O19. The van der Waals surface area contributed by atoms with Crippen molar-refractivity contribution < 1.29 is 78.4 Å². The van der Waals surface area contributed by atoms with Crippen LogP contribution in [-0.2, 0) is 34.0 Å². The Bertz CT molecular complexity index is 3550. The maximum absolute atomic E-state index is 12.3. The Morgan fingerprint density at radius 1 is 0.590 bits per heavy atom. The van der Waals surface area contributed by atoms with Gasteiger partial charge in [0.15, 0.2) is 28.4 Å². The van der Waals surface area contributed by atoms with E-state index in [0.29, 0.717) is 17.9 Å². The van der Waals surface area contributed by atoms with E-state index < -0.39 is 83.8 Å². The second-order valence-electron chi connectivity index (χ2n) is 15.1. The summed E-state index contributed by atoms with van der Waals surface area (Å²) >= 11 is 0. The molecule has 0 aliphatic carbocycles.